The smallest absolute Gasteiger partial charge is 0.335 e. The molecular weight excluding hydrogens is 352 g/mol. The SMILES string of the molecule is CCCCNc1ccc(C(=O)O)cc1S(=O)(=O)NCCc1ccccc1. The normalized spacial score (nSPS) is 11.3. The number of benzene rings is 2. The number of hydrogen-bond donors (Lipinski definition) is 3. The summed E-state index contributed by atoms with van der Waals surface area (Å²) in [6.07, 6.45) is 2.41. The monoisotopic (exact) mass is 376 g/mol. The van der Waals surface area contributed by atoms with Gasteiger partial charge in [0.25, 0.3) is 0 Å². The number of unbranched alkanes of at least 4 members (excludes halogenated alkanes) is 1. The van der Waals surface area contributed by atoms with Crippen molar-refractivity contribution in [3.05, 3.63) is 59.7 Å². The molecule has 0 amide bonds. The number of nitrogens with one attached hydrogen (secondary N) is 2. The lowest BCUT2D eigenvalue weighted by atomic mass is 10.2. The zero-order valence-electron chi connectivity index (χ0n) is 14.7. The summed E-state index contributed by atoms with van der Waals surface area (Å²) in [5.41, 5.74) is 1.38. The van der Waals surface area contributed by atoms with E-state index in [0.717, 1.165) is 18.4 Å². The summed E-state index contributed by atoms with van der Waals surface area (Å²) in [5, 5.41) is 12.3. The number of hydrogen-bond acceptors (Lipinski definition) is 4. The molecule has 0 fully saturated rings. The lowest BCUT2D eigenvalue weighted by Gasteiger charge is -2.14. The molecule has 0 bridgehead atoms. The van der Waals surface area contributed by atoms with Crippen LogP contribution < -0.4 is 10.0 Å². The average molecular weight is 376 g/mol. The molecule has 3 N–H and O–H groups in total. The maximum absolute atomic E-state index is 12.7. The van der Waals surface area contributed by atoms with Crippen molar-refractivity contribution < 1.29 is 18.3 Å². The molecule has 2 rings (SSSR count). The molecule has 2 aromatic carbocycles. The van der Waals surface area contributed by atoms with Gasteiger partial charge in [0.05, 0.1) is 11.3 Å². The van der Waals surface area contributed by atoms with Crippen molar-refractivity contribution >= 4 is 21.7 Å². The standard InChI is InChI=1S/C19H24N2O4S/c1-2-3-12-20-17-10-9-16(19(22)23)14-18(17)26(24,25)21-13-11-15-7-5-4-6-8-15/h4-10,14,20-21H,2-3,11-13H2,1H3,(H,22,23). The first-order chi connectivity index (χ1) is 12.4. The molecule has 0 atom stereocenters. The van der Waals surface area contributed by atoms with Crippen LogP contribution in [0.5, 0.6) is 0 Å². The Balaban J connectivity index is 2.18. The van der Waals surface area contributed by atoms with Crippen molar-refractivity contribution in [2.24, 2.45) is 0 Å². The first-order valence-electron chi connectivity index (χ1n) is 8.59. The Morgan fingerprint density at radius 1 is 1.08 bits per heavy atom. The van der Waals surface area contributed by atoms with Crippen molar-refractivity contribution in [3.8, 4) is 0 Å². The molecule has 0 spiro atoms. The van der Waals surface area contributed by atoms with Gasteiger partial charge < -0.3 is 10.4 Å². The molecule has 140 valence electrons. The Morgan fingerprint density at radius 2 is 1.81 bits per heavy atom. The van der Waals surface area contributed by atoms with Crippen LogP contribution in [-0.2, 0) is 16.4 Å². The van der Waals surface area contributed by atoms with Gasteiger partial charge in [-0.25, -0.2) is 17.9 Å². The minimum Gasteiger partial charge on any atom is -0.478 e. The summed E-state index contributed by atoms with van der Waals surface area (Å²) < 4.78 is 28.0. The Bertz CT molecular complexity index is 836. The molecule has 0 heterocycles. The average Bonchev–Trinajstić information content (AvgIpc) is 2.62. The third-order valence-corrected chi connectivity index (χ3v) is 5.41. The fourth-order valence-electron chi connectivity index (χ4n) is 2.48. The third-order valence-electron chi connectivity index (χ3n) is 3.91. The number of carboxylic acid groups (broad SMARTS) is 1. The number of rotatable bonds is 10. The molecular formula is C19H24N2O4S. The summed E-state index contributed by atoms with van der Waals surface area (Å²) in [4.78, 5) is 11.2. The van der Waals surface area contributed by atoms with E-state index in [9.17, 15) is 13.2 Å². The van der Waals surface area contributed by atoms with Gasteiger partial charge in [-0.2, -0.15) is 0 Å². The Kier molecular flexibility index (Phi) is 7.17. The highest BCUT2D eigenvalue weighted by molar-refractivity contribution is 7.89. The zero-order chi connectivity index (χ0) is 19.0. The zero-order valence-corrected chi connectivity index (χ0v) is 15.6. The fraction of sp³-hybridized carbons (Fsp3) is 0.316. The molecule has 7 heteroatoms. The second kappa shape index (κ2) is 9.35. The lowest BCUT2D eigenvalue weighted by molar-refractivity contribution is 0.0696. The first kappa shape index (κ1) is 19.9. The van der Waals surface area contributed by atoms with Crippen molar-refractivity contribution in [2.45, 2.75) is 31.1 Å². The molecule has 0 radical (unpaired) electrons. The van der Waals surface area contributed by atoms with Crippen LogP contribution in [-0.4, -0.2) is 32.6 Å². The van der Waals surface area contributed by atoms with Gasteiger partial charge in [-0.1, -0.05) is 43.7 Å². The Labute approximate surface area is 154 Å². The van der Waals surface area contributed by atoms with Crippen LogP contribution in [0.3, 0.4) is 0 Å². The van der Waals surface area contributed by atoms with Gasteiger partial charge in [-0.05, 0) is 36.6 Å². The highest BCUT2D eigenvalue weighted by atomic mass is 32.2. The predicted molar refractivity (Wildman–Crippen MR) is 102 cm³/mol. The Morgan fingerprint density at radius 3 is 2.46 bits per heavy atom. The summed E-state index contributed by atoms with van der Waals surface area (Å²) in [5.74, 6) is -1.16. The van der Waals surface area contributed by atoms with Crippen LogP contribution >= 0.6 is 0 Å². The summed E-state index contributed by atoms with van der Waals surface area (Å²) in [6.45, 7) is 2.89. The second-order valence-electron chi connectivity index (χ2n) is 5.93. The summed E-state index contributed by atoms with van der Waals surface area (Å²) in [7, 11) is -3.83. The fourth-order valence-corrected chi connectivity index (χ4v) is 3.71. The van der Waals surface area contributed by atoms with Gasteiger partial charge in [0, 0.05) is 13.1 Å². The van der Waals surface area contributed by atoms with Crippen LogP contribution in [0.25, 0.3) is 0 Å². The van der Waals surface area contributed by atoms with E-state index in [-0.39, 0.29) is 17.0 Å². The van der Waals surface area contributed by atoms with Gasteiger partial charge in [0.15, 0.2) is 0 Å². The largest absolute Gasteiger partial charge is 0.478 e. The summed E-state index contributed by atoms with van der Waals surface area (Å²) >= 11 is 0. The molecule has 26 heavy (non-hydrogen) atoms. The van der Waals surface area contributed by atoms with Crippen LogP contribution in [0.15, 0.2) is 53.4 Å². The molecule has 0 aliphatic rings. The summed E-state index contributed by atoms with van der Waals surface area (Å²) in [6, 6.07) is 13.7. The minimum absolute atomic E-state index is 0.0402. The Hall–Kier alpha value is -2.38. The van der Waals surface area contributed by atoms with Crippen molar-refractivity contribution in [1.29, 1.82) is 0 Å². The van der Waals surface area contributed by atoms with Crippen LogP contribution in [0.1, 0.15) is 35.7 Å². The van der Waals surface area contributed by atoms with E-state index < -0.39 is 16.0 Å². The molecule has 0 aliphatic heterocycles. The highest BCUT2D eigenvalue weighted by Gasteiger charge is 2.20. The maximum Gasteiger partial charge on any atom is 0.335 e. The van der Waals surface area contributed by atoms with Crippen molar-refractivity contribution in [2.75, 3.05) is 18.4 Å². The predicted octanol–water partition coefficient (Wildman–Crippen LogP) is 3.12. The van der Waals surface area contributed by atoms with Crippen LogP contribution in [0, 0.1) is 0 Å². The molecule has 2 aromatic rings. The van der Waals surface area contributed by atoms with Gasteiger partial charge in [0.1, 0.15) is 4.90 Å². The third kappa shape index (κ3) is 5.57. The van der Waals surface area contributed by atoms with Gasteiger partial charge in [0.2, 0.25) is 10.0 Å². The molecule has 0 aromatic heterocycles. The van der Waals surface area contributed by atoms with E-state index in [1.165, 1.54) is 18.2 Å². The number of carbonyl (C=O) groups is 1. The topological polar surface area (TPSA) is 95.5 Å². The van der Waals surface area contributed by atoms with Crippen LogP contribution in [0.4, 0.5) is 5.69 Å². The van der Waals surface area contributed by atoms with E-state index >= 15 is 0 Å². The van der Waals surface area contributed by atoms with Gasteiger partial charge in [-0.15, -0.1) is 0 Å². The second-order valence-corrected chi connectivity index (χ2v) is 7.67. The lowest BCUT2D eigenvalue weighted by Crippen LogP contribution is -2.27. The number of carboxylic acids is 1. The number of anilines is 1. The molecule has 0 unspecified atom stereocenters. The first-order valence-corrected chi connectivity index (χ1v) is 10.1. The van der Waals surface area contributed by atoms with E-state index in [2.05, 4.69) is 10.0 Å². The molecule has 0 saturated carbocycles. The van der Waals surface area contributed by atoms with E-state index in [1.54, 1.807) is 0 Å². The quantitative estimate of drug-likeness (QED) is 0.554. The minimum atomic E-state index is -3.83. The maximum atomic E-state index is 12.7. The van der Waals surface area contributed by atoms with Crippen molar-refractivity contribution in [3.63, 3.8) is 0 Å². The van der Waals surface area contributed by atoms with Crippen LogP contribution in [0.2, 0.25) is 0 Å². The highest BCUT2D eigenvalue weighted by Crippen LogP contribution is 2.23. The molecule has 6 nitrogen and oxygen atoms in total. The van der Waals surface area contributed by atoms with E-state index in [0.29, 0.717) is 18.7 Å². The van der Waals surface area contributed by atoms with Gasteiger partial charge in [-0.3, -0.25) is 0 Å². The number of sulfonamides is 1. The van der Waals surface area contributed by atoms with E-state index in [1.807, 2.05) is 37.3 Å². The van der Waals surface area contributed by atoms with E-state index in [4.69, 9.17) is 5.11 Å². The number of aromatic carboxylic acids is 1. The molecule has 0 aliphatic carbocycles. The van der Waals surface area contributed by atoms with Crippen molar-refractivity contribution in [1.82, 2.24) is 4.72 Å². The van der Waals surface area contributed by atoms with Gasteiger partial charge >= 0.3 is 5.97 Å². The molecule has 0 saturated heterocycles.